The first-order valence-electron chi connectivity index (χ1n) is 5.08. The summed E-state index contributed by atoms with van der Waals surface area (Å²) in [6.45, 7) is 15.8. The molecule has 0 aromatic rings. The van der Waals surface area contributed by atoms with Crippen LogP contribution in [0.2, 0.25) is 19.6 Å². The van der Waals surface area contributed by atoms with Crippen LogP contribution < -0.4 is 0 Å². The van der Waals surface area contributed by atoms with Crippen LogP contribution in [-0.4, -0.2) is 14.1 Å². The second kappa shape index (κ2) is 3.59. The summed E-state index contributed by atoms with van der Waals surface area (Å²) in [5.41, 5.74) is 0.844. The van der Waals surface area contributed by atoms with Crippen molar-refractivity contribution < 1.29 is 13.9 Å². The molecule has 1 heterocycles. The number of hydrogen-bond donors (Lipinski definition) is 0. The molecule has 15 heavy (non-hydrogen) atoms. The highest BCUT2D eigenvalue weighted by Gasteiger charge is 2.33. The lowest BCUT2D eigenvalue weighted by Gasteiger charge is -2.36. The topological polar surface area (TPSA) is 27.7 Å². The van der Waals surface area contributed by atoms with E-state index in [-0.39, 0.29) is 0 Å². The smallest absolute Gasteiger partial charge is 0.275 e. The van der Waals surface area contributed by atoms with E-state index in [4.69, 9.17) is 13.9 Å². The van der Waals surface area contributed by atoms with Gasteiger partial charge in [0.2, 0.25) is 14.1 Å². The van der Waals surface area contributed by atoms with Crippen molar-refractivity contribution in [1.29, 1.82) is 0 Å². The van der Waals surface area contributed by atoms with Gasteiger partial charge in [0.15, 0.2) is 0 Å². The van der Waals surface area contributed by atoms with Crippen molar-refractivity contribution in [2.75, 3.05) is 0 Å². The first kappa shape index (κ1) is 12.2. The molecule has 3 nitrogen and oxygen atoms in total. The van der Waals surface area contributed by atoms with E-state index in [9.17, 15) is 0 Å². The molecule has 0 saturated heterocycles. The summed E-state index contributed by atoms with van der Waals surface area (Å²) in [6.07, 6.45) is 0. The predicted molar refractivity (Wildman–Crippen MR) is 62.5 cm³/mol. The zero-order valence-electron chi connectivity index (χ0n) is 10.4. The Morgan fingerprint density at radius 1 is 1.20 bits per heavy atom. The summed E-state index contributed by atoms with van der Waals surface area (Å²) in [6, 6.07) is 0. The Labute approximate surface area is 92.8 Å². The number of hydrogen-bond acceptors (Lipinski definition) is 3. The van der Waals surface area contributed by atoms with Crippen LogP contribution in [0.25, 0.3) is 0 Å². The zero-order chi connectivity index (χ0) is 11.9. The van der Waals surface area contributed by atoms with Crippen molar-refractivity contribution in [3.63, 3.8) is 0 Å². The van der Waals surface area contributed by atoms with E-state index in [1.165, 1.54) is 0 Å². The van der Waals surface area contributed by atoms with E-state index in [1.807, 2.05) is 20.8 Å². The number of ether oxygens (including phenoxy) is 2. The standard InChI is InChI=1S/C11H20O3Si/c1-8-9(2)12-11(3,4)13-10(8)14-15(5,6)7/h2H2,1,3-7H3. The van der Waals surface area contributed by atoms with Crippen LogP contribution in [0.1, 0.15) is 20.8 Å². The third kappa shape index (κ3) is 3.30. The molecule has 0 aromatic carbocycles. The van der Waals surface area contributed by atoms with Gasteiger partial charge in [0, 0.05) is 13.8 Å². The van der Waals surface area contributed by atoms with E-state index >= 15 is 0 Å². The van der Waals surface area contributed by atoms with Gasteiger partial charge in [-0.3, -0.25) is 0 Å². The Bertz CT molecular complexity index is 310. The van der Waals surface area contributed by atoms with Crippen molar-refractivity contribution >= 4 is 8.32 Å². The third-order valence-corrected chi connectivity index (χ3v) is 2.63. The van der Waals surface area contributed by atoms with Crippen LogP contribution in [0, 0.1) is 0 Å². The molecule has 0 radical (unpaired) electrons. The fraction of sp³-hybridized carbons (Fsp3) is 0.636. The largest absolute Gasteiger partial charge is 0.519 e. The molecule has 4 heteroatoms. The maximum atomic E-state index is 5.85. The third-order valence-electron chi connectivity index (χ3n) is 1.83. The molecule has 0 aliphatic carbocycles. The molecule has 0 unspecified atom stereocenters. The molecule has 86 valence electrons. The van der Waals surface area contributed by atoms with Crippen LogP contribution in [0.4, 0.5) is 0 Å². The Morgan fingerprint density at radius 3 is 2.20 bits per heavy atom. The Kier molecular flexibility index (Phi) is 2.91. The van der Waals surface area contributed by atoms with Crippen LogP contribution in [0.5, 0.6) is 0 Å². The lowest BCUT2D eigenvalue weighted by molar-refractivity contribution is -0.197. The monoisotopic (exact) mass is 228 g/mol. The number of rotatable bonds is 2. The van der Waals surface area contributed by atoms with Gasteiger partial charge in [0.1, 0.15) is 5.76 Å². The highest BCUT2D eigenvalue weighted by atomic mass is 28.4. The van der Waals surface area contributed by atoms with E-state index < -0.39 is 14.1 Å². The minimum Gasteiger partial charge on any atom is -0.519 e. The maximum absolute atomic E-state index is 5.85. The molecule has 1 rings (SSSR count). The normalized spacial score (nSPS) is 20.8. The molecule has 1 aliphatic rings. The summed E-state index contributed by atoms with van der Waals surface area (Å²) in [7, 11) is -1.66. The average Bonchev–Trinajstić information content (AvgIpc) is 1.95. The van der Waals surface area contributed by atoms with Gasteiger partial charge in [-0.1, -0.05) is 6.58 Å². The summed E-state index contributed by atoms with van der Waals surface area (Å²) in [4.78, 5) is 0. The molecule has 0 bridgehead atoms. The minimum absolute atomic E-state index is 0.565. The molecule has 0 saturated carbocycles. The Balaban J connectivity index is 2.94. The number of allylic oxidation sites excluding steroid dienone is 1. The molecule has 0 N–H and O–H groups in total. The van der Waals surface area contributed by atoms with Crippen molar-refractivity contribution in [2.45, 2.75) is 46.2 Å². The van der Waals surface area contributed by atoms with Crippen LogP contribution >= 0.6 is 0 Å². The molecular weight excluding hydrogens is 208 g/mol. The van der Waals surface area contributed by atoms with Gasteiger partial charge in [-0.05, 0) is 26.6 Å². The Morgan fingerprint density at radius 2 is 1.73 bits per heavy atom. The molecule has 0 amide bonds. The first-order chi connectivity index (χ1) is 6.61. The summed E-state index contributed by atoms with van der Waals surface area (Å²) >= 11 is 0. The quantitative estimate of drug-likeness (QED) is 0.678. The highest BCUT2D eigenvalue weighted by molar-refractivity contribution is 6.70. The van der Waals surface area contributed by atoms with Gasteiger partial charge in [-0.2, -0.15) is 0 Å². The van der Waals surface area contributed by atoms with Crippen molar-refractivity contribution in [3.05, 3.63) is 23.9 Å². The maximum Gasteiger partial charge on any atom is 0.275 e. The van der Waals surface area contributed by atoms with Crippen LogP contribution in [0.3, 0.4) is 0 Å². The van der Waals surface area contributed by atoms with E-state index in [2.05, 4.69) is 26.2 Å². The Hall–Kier alpha value is -0.903. The van der Waals surface area contributed by atoms with Crippen molar-refractivity contribution in [1.82, 2.24) is 0 Å². The van der Waals surface area contributed by atoms with E-state index in [1.54, 1.807) is 0 Å². The summed E-state index contributed by atoms with van der Waals surface area (Å²) < 4.78 is 17.0. The second-order valence-corrected chi connectivity index (χ2v) is 9.58. The van der Waals surface area contributed by atoms with Crippen LogP contribution in [0.15, 0.2) is 23.9 Å². The SMILES string of the molecule is C=C1OC(C)(C)OC(O[Si](C)(C)C)=C1C. The first-order valence-corrected chi connectivity index (χ1v) is 8.49. The van der Waals surface area contributed by atoms with Gasteiger partial charge in [-0.15, -0.1) is 0 Å². The molecule has 0 atom stereocenters. The fourth-order valence-corrected chi connectivity index (χ4v) is 1.93. The summed E-state index contributed by atoms with van der Waals surface area (Å²) in [5, 5.41) is 0. The van der Waals surface area contributed by atoms with Crippen molar-refractivity contribution in [2.24, 2.45) is 0 Å². The van der Waals surface area contributed by atoms with Gasteiger partial charge in [-0.25, -0.2) is 0 Å². The lowest BCUT2D eigenvalue weighted by atomic mass is 10.2. The second-order valence-electron chi connectivity index (χ2n) is 5.15. The molecule has 1 aliphatic heterocycles. The summed E-state index contributed by atoms with van der Waals surface area (Å²) in [5.74, 6) is 0.501. The predicted octanol–water partition coefficient (Wildman–Crippen LogP) is 3.37. The van der Waals surface area contributed by atoms with E-state index in [0.717, 1.165) is 5.57 Å². The van der Waals surface area contributed by atoms with Gasteiger partial charge in [0.05, 0.1) is 5.57 Å². The fourth-order valence-electron chi connectivity index (χ4n) is 1.18. The van der Waals surface area contributed by atoms with Gasteiger partial charge >= 0.3 is 0 Å². The van der Waals surface area contributed by atoms with E-state index in [0.29, 0.717) is 11.7 Å². The van der Waals surface area contributed by atoms with Crippen molar-refractivity contribution in [3.8, 4) is 0 Å². The lowest BCUT2D eigenvalue weighted by Crippen LogP contribution is -2.36. The van der Waals surface area contributed by atoms with Gasteiger partial charge in [0.25, 0.3) is 5.95 Å². The minimum atomic E-state index is -1.66. The molecular formula is C11H20O3Si. The van der Waals surface area contributed by atoms with Gasteiger partial charge < -0.3 is 13.9 Å². The molecule has 0 fully saturated rings. The highest BCUT2D eigenvalue weighted by Crippen LogP contribution is 2.33. The average molecular weight is 228 g/mol. The molecule has 0 spiro atoms. The van der Waals surface area contributed by atoms with Crippen LogP contribution in [-0.2, 0) is 13.9 Å². The molecule has 0 aromatic heterocycles. The zero-order valence-corrected chi connectivity index (χ0v) is 11.4.